The molecule has 3 nitrogen and oxygen atoms in total. The predicted octanol–water partition coefficient (Wildman–Crippen LogP) is 4.76. The van der Waals surface area contributed by atoms with Crippen molar-refractivity contribution in [1.29, 1.82) is 0 Å². The number of halogens is 1. The van der Waals surface area contributed by atoms with E-state index in [9.17, 15) is 4.79 Å². The van der Waals surface area contributed by atoms with E-state index in [-0.39, 0.29) is 5.91 Å². The maximum Gasteiger partial charge on any atom is 0.246 e. The molecule has 0 aliphatic heterocycles. The zero-order valence-corrected chi connectivity index (χ0v) is 13.5. The van der Waals surface area contributed by atoms with Gasteiger partial charge in [0.2, 0.25) is 5.91 Å². The maximum absolute atomic E-state index is 12.2. The molecule has 0 fully saturated rings. The van der Waals surface area contributed by atoms with Crippen molar-refractivity contribution < 1.29 is 9.21 Å². The Balaban J connectivity index is 1.66. The van der Waals surface area contributed by atoms with Crippen molar-refractivity contribution in [2.24, 2.45) is 0 Å². The van der Waals surface area contributed by atoms with E-state index in [1.165, 1.54) is 6.08 Å². The lowest BCUT2D eigenvalue weighted by Crippen LogP contribution is -2.24. The van der Waals surface area contributed by atoms with Crippen LogP contribution in [0, 0.1) is 0 Å². The van der Waals surface area contributed by atoms with Crippen LogP contribution in [0.3, 0.4) is 0 Å². The van der Waals surface area contributed by atoms with Gasteiger partial charge >= 0.3 is 0 Å². The molecule has 1 amide bonds. The summed E-state index contributed by atoms with van der Waals surface area (Å²) in [4.78, 5) is 13.8. The first kappa shape index (κ1) is 15.4. The molecule has 0 spiro atoms. The minimum atomic E-state index is -0.0830. The van der Waals surface area contributed by atoms with E-state index in [0.717, 1.165) is 16.5 Å². The minimum Gasteiger partial charge on any atom is -0.457 e. The number of carbonyl (C=O) groups excluding carboxylic acids is 1. The first-order valence-electron chi connectivity index (χ1n) is 7.28. The van der Waals surface area contributed by atoms with E-state index in [0.29, 0.717) is 17.3 Å². The quantitative estimate of drug-likeness (QED) is 0.648. The van der Waals surface area contributed by atoms with Crippen LogP contribution >= 0.6 is 11.6 Å². The summed E-state index contributed by atoms with van der Waals surface area (Å²) >= 11 is 5.86. The Hall–Kier alpha value is -2.52. The summed E-state index contributed by atoms with van der Waals surface area (Å²) in [5, 5.41) is 1.71. The van der Waals surface area contributed by atoms with Crippen LogP contribution in [0.2, 0.25) is 5.02 Å². The van der Waals surface area contributed by atoms with Crippen LogP contribution < -0.4 is 0 Å². The molecule has 1 aromatic heterocycles. The van der Waals surface area contributed by atoms with Gasteiger partial charge in [-0.15, -0.1) is 0 Å². The second kappa shape index (κ2) is 6.71. The highest BCUT2D eigenvalue weighted by atomic mass is 35.5. The number of rotatable bonds is 4. The van der Waals surface area contributed by atoms with Gasteiger partial charge in [-0.3, -0.25) is 4.79 Å². The standard InChI is InChI=1S/C19H16ClNO2/c1-21(13-14-6-8-16(20)9-7-14)19(22)11-10-17-12-15-4-2-3-5-18(15)23-17/h2-12H,13H2,1H3/b11-10+. The van der Waals surface area contributed by atoms with Gasteiger partial charge in [-0.05, 0) is 35.9 Å². The number of nitrogens with zero attached hydrogens (tertiary/aromatic N) is 1. The van der Waals surface area contributed by atoms with E-state index >= 15 is 0 Å². The first-order valence-corrected chi connectivity index (χ1v) is 7.66. The molecule has 0 atom stereocenters. The van der Waals surface area contributed by atoms with Gasteiger partial charge < -0.3 is 9.32 Å². The van der Waals surface area contributed by atoms with Gasteiger partial charge in [0.15, 0.2) is 0 Å². The molecule has 3 aromatic rings. The van der Waals surface area contributed by atoms with Crippen molar-refractivity contribution in [2.75, 3.05) is 7.05 Å². The van der Waals surface area contributed by atoms with Crippen molar-refractivity contribution in [3.05, 3.63) is 77.0 Å². The first-order chi connectivity index (χ1) is 11.1. The molecule has 4 heteroatoms. The van der Waals surface area contributed by atoms with Gasteiger partial charge in [-0.25, -0.2) is 0 Å². The van der Waals surface area contributed by atoms with Crippen LogP contribution in [-0.4, -0.2) is 17.9 Å². The Kier molecular flexibility index (Phi) is 4.49. The molecule has 0 bridgehead atoms. The molecule has 3 rings (SSSR count). The van der Waals surface area contributed by atoms with Crippen molar-refractivity contribution in [3.8, 4) is 0 Å². The van der Waals surface area contributed by atoms with Gasteiger partial charge in [0.05, 0.1) is 0 Å². The van der Waals surface area contributed by atoms with Crippen LogP contribution in [0.4, 0.5) is 0 Å². The Morgan fingerprint density at radius 3 is 2.65 bits per heavy atom. The van der Waals surface area contributed by atoms with Gasteiger partial charge in [0.1, 0.15) is 11.3 Å². The Bertz CT molecular complexity index is 816. The van der Waals surface area contributed by atoms with Crippen molar-refractivity contribution >= 4 is 34.6 Å². The topological polar surface area (TPSA) is 33.5 Å². The third-order valence-corrected chi connectivity index (χ3v) is 3.80. The van der Waals surface area contributed by atoms with Crippen LogP contribution in [0.15, 0.2) is 65.1 Å². The Morgan fingerprint density at radius 1 is 1.17 bits per heavy atom. The number of fused-ring (bicyclic) bond motifs is 1. The number of hydrogen-bond acceptors (Lipinski definition) is 2. The molecular formula is C19H16ClNO2. The molecule has 0 saturated heterocycles. The van der Waals surface area contributed by atoms with Crippen molar-refractivity contribution in [3.63, 3.8) is 0 Å². The number of para-hydroxylation sites is 1. The molecule has 0 aliphatic carbocycles. The van der Waals surface area contributed by atoms with Crippen LogP contribution in [0.25, 0.3) is 17.0 Å². The fraction of sp³-hybridized carbons (Fsp3) is 0.105. The van der Waals surface area contributed by atoms with E-state index in [2.05, 4.69) is 0 Å². The lowest BCUT2D eigenvalue weighted by atomic mass is 10.2. The van der Waals surface area contributed by atoms with Crippen LogP contribution in [-0.2, 0) is 11.3 Å². The summed E-state index contributed by atoms with van der Waals surface area (Å²) in [6, 6.07) is 17.1. The van der Waals surface area contributed by atoms with E-state index in [1.807, 2.05) is 54.6 Å². The SMILES string of the molecule is CN(Cc1ccc(Cl)cc1)C(=O)/C=C/c1cc2ccccc2o1. The number of furan rings is 1. The normalized spacial score (nSPS) is 11.2. The number of likely N-dealkylation sites (N-methyl/N-ethyl adjacent to an activating group) is 1. The molecule has 116 valence electrons. The van der Waals surface area contributed by atoms with Crippen LogP contribution in [0.1, 0.15) is 11.3 Å². The third kappa shape index (κ3) is 3.82. The summed E-state index contributed by atoms with van der Waals surface area (Å²) in [6.07, 6.45) is 3.22. The molecule has 0 N–H and O–H groups in total. The lowest BCUT2D eigenvalue weighted by Gasteiger charge is -2.15. The third-order valence-electron chi connectivity index (χ3n) is 3.54. The molecule has 0 saturated carbocycles. The van der Waals surface area contributed by atoms with Crippen molar-refractivity contribution in [2.45, 2.75) is 6.54 Å². The molecule has 1 heterocycles. The summed E-state index contributed by atoms with van der Waals surface area (Å²) in [7, 11) is 1.76. The Morgan fingerprint density at radius 2 is 1.91 bits per heavy atom. The molecule has 0 unspecified atom stereocenters. The van der Waals surface area contributed by atoms with Gasteiger partial charge in [0, 0.05) is 30.1 Å². The van der Waals surface area contributed by atoms with E-state index in [1.54, 1.807) is 18.0 Å². The molecule has 2 aromatic carbocycles. The fourth-order valence-electron chi connectivity index (χ4n) is 2.31. The smallest absolute Gasteiger partial charge is 0.246 e. The summed E-state index contributed by atoms with van der Waals surface area (Å²) < 4.78 is 5.66. The lowest BCUT2D eigenvalue weighted by molar-refractivity contribution is -0.125. The van der Waals surface area contributed by atoms with E-state index < -0.39 is 0 Å². The number of hydrogen-bond donors (Lipinski definition) is 0. The highest BCUT2D eigenvalue weighted by Gasteiger charge is 2.07. The highest BCUT2D eigenvalue weighted by Crippen LogP contribution is 2.19. The minimum absolute atomic E-state index is 0.0830. The van der Waals surface area contributed by atoms with Gasteiger partial charge in [-0.2, -0.15) is 0 Å². The van der Waals surface area contributed by atoms with Gasteiger partial charge in [0.25, 0.3) is 0 Å². The molecule has 0 aliphatic rings. The monoisotopic (exact) mass is 325 g/mol. The zero-order valence-electron chi connectivity index (χ0n) is 12.7. The molecule has 23 heavy (non-hydrogen) atoms. The average molecular weight is 326 g/mol. The average Bonchev–Trinajstić information content (AvgIpc) is 2.97. The number of benzene rings is 2. The van der Waals surface area contributed by atoms with Crippen molar-refractivity contribution in [1.82, 2.24) is 4.90 Å². The maximum atomic E-state index is 12.2. The van der Waals surface area contributed by atoms with Crippen LogP contribution in [0.5, 0.6) is 0 Å². The van der Waals surface area contributed by atoms with Gasteiger partial charge in [-0.1, -0.05) is 41.9 Å². The Labute approximate surface area is 139 Å². The van der Waals surface area contributed by atoms with E-state index in [4.69, 9.17) is 16.0 Å². The summed E-state index contributed by atoms with van der Waals surface area (Å²) in [5.74, 6) is 0.583. The zero-order chi connectivity index (χ0) is 16.2. The predicted molar refractivity (Wildman–Crippen MR) is 93.2 cm³/mol. The fourth-order valence-corrected chi connectivity index (χ4v) is 2.43. The summed E-state index contributed by atoms with van der Waals surface area (Å²) in [5.41, 5.74) is 1.84. The summed E-state index contributed by atoms with van der Waals surface area (Å²) in [6.45, 7) is 0.528. The second-order valence-corrected chi connectivity index (χ2v) is 5.78. The number of carbonyl (C=O) groups is 1. The largest absolute Gasteiger partial charge is 0.457 e. The molecule has 0 radical (unpaired) electrons. The molecular weight excluding hydrogens is 310 g/mol. The number of amides is 1. The highest BCUT2D eigenvalue weighted by molar-refractivity contribution is 6.30. The second-order valence-electron chi connectivity index (χ2n) is 5.34.